The fourth-order valence-electron chi connectivity index (χ4n) is 3.80. The lowest BCUT2D eigenvalue weighted by Gasteiger charge is -2.31. The Kier molecular flexibility index (Phi) is 6.60. The molecule has 0 amide bonds. The minimum absolute atomic E-state index is 0.213. The lowest BCUT2D eigenvalue weighted by Crippen LogP contribution is -2.31. The zero-order valence-electron chi connectivity index (χ0n) is 18.3. The van der Waals surface area contributed by atoms with E-state index in [0.29, 0.717) is 48.3 Å². The van der Waals surface area contributed by atoms with E-state index in [-0.39, 0.29) is 11.8 Å². The summed E-state index contributed by atoms with van der Waals surface area (Å²) >= 11 is 1.42. The van der Waals surface area contributed by atoms with Crippen molar-refractivity contribution in [1.29, 1.82) is 0 Å². The fourth-order valence-corrected chi connectivity index (χ4v) is 4.41. The number of aromatic nitrogens is 1. The number of aryl methyl sites for hydroxylation is 2. The first-order valence-corrected chi connectivity index (χ1v) is 11.2. The van der Waals surface area contributed by atoms with Crippen LogP contribution in [0.5, 0.6) is 16.7 Å². The van der Waals surface area contributed by atoms with Gasteiger partial charge in [0.05, 0.1) is 19.9 Å². The number of carbonyl (C=O) groups is 1. The third-order valence-corrected chi connectivity index (χ3v) is 6.29. The van der Waals surface area contributed by atoms with Crippen LogP contribution in [-0.4, -0.2) is 31.7 Å². The van der Waals surface area contributed by atoms with E-state index in [0.717, 1.165) is 22.4 Å². The molecule has 32 heavy (non-hydrogen) atoms. The van der Waals surface area contributed by atoms with Crippen molar-refractivity contribution < 1.29 is 23.4 Å². The zero-order valence-corrected chi connectivity index (χ0v) is 19.1. The SMILES string of the molecule is COC(=O)CCc1ccc2c(c1)CCN(c1cc(Oc3ncc(C)s3)c(OC)cc1F)C2. The Bertz CT molecular complexity index is 1130. The molecule has 0 unspecified atom stereocenters. The molecule has 0 radical (unpaired) electrons. The second kappa shape index (κ2) is 9.56. The maximum atomic E-state index is 15.0. The molecule has 0 spiro atoms. The van der Waals surface area contributed by atoms with E-state index in [1.165, 1.54) is 37.2 Å². The predicted molar refractivity (Wildman–Crippen MR) is 121 cm³/mol. The zero-order chi connectivity index (χ0) is 22.7. The Balaban J connectivity index is 1.54. The molecule has 6 nitrogen and oxygen atoms in total. The molecular formula is C24H25FN2O4S. The van der Waals surface area contributed by atoms with E-state index in [9.17, 15) is 9.18 Å². The van der Waals surface area contributed by atoms with Crippen LogP contribution in [0.3, 0.4) is 0 Å². The van der Waals surface area contributed by atoms with E-state index in [4.69, 9.17) is 14.2 Å². The number of hydrogen-bond acceptors (Lipinski definition) is 7. The second-order valence-corrected chi connectivity index (χ2v) is 8.84. The van der Waals surface area contributed by atoms with Crippen molar-refractivity contribution in [2.45, 2.75) is 32.7 Å². The quantitative estimate of drug-likeness (QED) is 0.463. The van der Waals surface area contributed by atoms with Gasteiger partial charge in [-0.25, -0.2) is 9.37 Å². The highest BCUT2D eigenvalue weighted by Gasteiger charge is 2.22. The molecule has 0 atom stereocenters. The number of thiazole rings is 1. The summed E-state index contributed by atoms with van der Waals surface area (Å²) in [5.41, 5.74) is 3.95. The van der Waals surface area contributed by atoms with Crippen LogP contribution in [0.1, 0.15) is 28.0 Å². The van der Waals surface area contributed by atoms with Crippen molar-refractivity contribution in [2.75, 3.05) is 25.7 Å². The number of methoxy groups -OCH3 is 2. The second-order valence-electron chi connectivity index (χ2n) is 7.64. The topological polar surface area (TPSA) is 60.9 Å². The number of esters is 1. The average molecular weight is 457 g/mol. The van der Waals surface area contributed by atoms with Crippen LogP contribution in [0.2, 0.25) is 0 Å². The Morgan fingerprint density at radius 1 is 1.19 bits per heavy atom. The van der Waals surface area contributed by atoms with Gasteiger partial charge in [0.1, 0.15) is 5.82 Å². The normalized spacial score (nSPS) is 12.9. The number of carbonyl (C=O) groups excluding carboxylic acids is 1. The van der Waals surface area contributed by atoms with Crippen LogP contribution < -0.4 is 14.4 Å². The summed E-state index contributed by atoms with van der Waals surface area (Å²) in [4.78, 5) is 18.7. The number of hydrogen-bond donors (Lipinski definition) is 0. The van der Waals surface area contributed by atoms with Crippen LogP contribution in [0.4, 0.5) is 10.1 Å². The van der Waals surface area contributed by atoms with Crippen molar-refractivity contribution >= 4 is 23.0 Å². The molecule has 2 heterocycles. The van der Waals surface area contributed by atoms with Crippen molar-refractivity contribution in [2.24, 2.45) is 0 Å². The van der Waals surface area contributed by atoms with Gasteiger partial charge in [0.15, 0.2) is 11.5 Å². The number of nitrogens with zero attached hydrogens (tertiary/aromatic N) is 2. The van der Waals surface area contributed by atoms with E-state index >= 15 is 0 Å². The number of halogens is 1. The summed E-state index contributed by atoms with van der Waals surface area (Å²) in [5, 5.41) is 0.488. The summed E-state index contributed by atoms with van der Waals surface area (Å²) < 4.78 is 30.9. The third kappa shape index (κ3) is 4.85. The molecule has 3 aromatic rings. The van der Waals surface area contributed by atoms with E-state index in [2.05, 4.69) is 17.1 Å². The Morgan fingerprint density at radius 2 is 2.03 bits per heavy atom. The van der Waals surface area contributed by atoms with E-state index in [1.807, 2.05) is 17.9 Å². The highest BCUT2D eigenvalue weighted by molar-refractivity contribution is 7.13. The Hall–Kier alpha value is -3.13. The summed E-state index contributed by atoms with van der Waals surface area (Å²) in [6.45, 7) is 3.21. The average Bonchev–Trinajstić information content (AvgIpc) is 3.22. The molecule has 0 aliphatic carbocycles. The molecule has 0 fully saturated rings. The summed E-state index contributed by atoms with van der Waals surface area (Å²) in [6.07, 6.45) is 3.53. The van der Waals surface area contributed by atoms with Crippen molar-refractivity contribution in [3.05, 3.63) is 63.9 Å². The van der Waals surface area contributed by atoms with Crippen molar-refractivity contribution in [1.82, 2.24) is 4.98 Å². The highest BCUT2D eigenvalue weighted by Crippen LogP contribution is 2.39. The predicted octanol–water partition coefficient (Wildman–Crippen LogP) is 5.06. The number of ether oxygens (including phenoxy) is 3. The van der Waals surface area contributed by atoms with Gasteiger partial charge in [-0.1, -0.05) is 29.5 Å². The molecule has 0 saturated carbocycles. The molecule has 1 aromatic heterocycles. The molecule has 1 aliphatic heterocycles. The van der Waals surface area contributed by atoms with Crippen LogP contribution in [0.25, 0.3) is 0 Å². The number of benzene rings is 2. The smallest absolute Gasteiger partial charge is 0.305 e. The van der Waals surface area contributed by atoms with Gasteiger partial charge in [0.25, 0.3) is 5.19 Å². The van der Waals surface area contributed by atoms with Gasteiger partial charge in [-0.2, -0.15) is 0 Å². The van der Waals surface area contributed by atoms with Gasteiger partial charge >= 0.3 is 5.97 Å². The molecule has 2 aromatic carbocycles. The van der Waals surface area contributed by atoms with Crippen LogP contribution >= 0.6 is 11.3 Å². The van der Waals surface area contributed by atoms with Crippen molar-refractivity contribution in [3.63, 3.8) is 0 Å². The molecule has 168 valence electrons. The minimum atomic E-state index is -0.359. The summed E-state index contributed by atoms with van der Waals surface area (Å²) in [5.74, 6) is 0.187. The van der Waals surface area contributed by atoms with E-state index in [1.54, 1.807) is 12.3 Å². The molecule has 4 rings (SSSR count). The molecule has 8 heteroatoms. The summed E-state index contributed by atoms with van der Waals surface area (Å²) in [6, 6.07) is 9.26. The standard InChI is InChI=1S/C24H25FN2O4S/c1-15-13-26-24(32-15)31-22-12-20(19(25)11-21(22)29-2)27-9-8-17-10-16(4-6-18(17)14-27)5-7-23(28)30-3/h4,6,10-13H,5,7-9,14H2,1-3H3. The number of fused-ring (bicyclic) bond motifs is 1. The largest absolute Gasteiger partial charge is 0.493 e. The monoisotopic (exact) mass is 456 g/mol. The molecule has 0 bridgehead atoms. The van der Waals surface area contributed by atoms with Crippen molar-refractivity contribution in [3.8, 4) is 16.7 Å². The van der Waals surface area contributed by atoms with E-state index < -0.39 is 0 Å². The first kappa shape index (κ1) is 22.1. The minimum Gasteiger partial charge on any atom is -0.493 e. The lowest BCUT2D eigenvalue weighted by molar-refractivity contribution is -0.140. The number of anilines is 1. The van der Waals surface area contributed by atoms with Crippen LogP contribution in [-0.2, 0) is 28.9 Å². The maximum absolute atomic E-state index is 15.0. The summed E-state index contributed by atoms with van der Waals surface area (Å²) in [7, 11) is 2.89. The van der Waals surface area contributed by atoms with Crippen LogP contribution in [0.15, 0.2) is 36.5 Å². The van der Waals surface area contributed by atoms with Gasteiger partial charge in [-0.3, -0.25) is 4.79 Å². The molecule has 1 aliphatic rings. The van der Waals surface area contributed by atoms with Gasteiger partial charge in [-0.15, -0.1) is 0 Å². The highest BCUT2D eigenvalue weighted by atomic mass is 32.1. The van der Waals surface area contributed by atoms with Gasteiger partial charge in [-0.05, 0) is 36.5 Å². The first-order chi connectivity index (χ1) is 15.5. The Labute approximate surface area is 190 Å². The van der Waals surface area contributed by atoms with Gasteiger partial charge in [0.2, 0.25) is 0 Å². The maximum Gasteiger partial charge on any atom is 0.305 e. The van der Waals surface area contributed by atoms with Gasteiger partial charge < -0.3 is 19.1 Å². The number of rotatable bonds is 7. The van der Waals surface area contributed by atoms with Crippen LogP contribution in [0, 0.1) is 12.7 Å². The Morgan fingerprint density at radius 3 is 2.75 bits per heavy atom. The lowest BCUT2D eigenvalue weighted by atomic mass is 9.95. The third-order valence-electron chi connectivity index (χ3n) is 5.50. The first-order valence-electron chi connectivity index (χ1n) is 10.4. The molecule has 0 N–H and O–H groups in total. The fraction of sp³-hybridized carbons (Fsp3) is 0.333. The molecule has 0 saturated heterocycles. The van der Waals surface area contributed by atoms with Gasteiger partial charge in [0, 0.05) is 42.7 Å². The molecular weight excluding hydrogens is 431 g/mol.